The molecule has 0 aliphatic rings. The molecule has 0 aliphatic heterocycles. The van der Waals surface area contributed by atoms with Crippen molar-refractivity contribution in [3.63, 3.8) is 0 Å². The fourth-order valence-electron chi connectivity index (χ4n) is 2.79. The Morgan fingerprint density at radius 1 is 0.962 bits per heavy atom. The van der Waals surface area contributed by atoms with Gasteiger partial charge in [0.1, 0.15) is 0 Å². The predicted molar refractivity (Wildman–Crippen MR) is 107 cm³/mol. The molecule has 0 aromatic heterocycles. The molecule has 2 rings (SSSR count). The maximum absolute atomic E-state index is 5.37. The number of guanidine groups is 1. The van der Waals surface area contributed by atoms with Crippen LogP contribution in [0.1, 0.15) is 11.1 Å². The van der Waals surface area contributed by atoms with Crippen LogP contribution in [0, 0.1) is 0 Å². The zero-order chi connectivity index (χ0) is 18.8. The van der Waals surface area contributed by atoms with Gasteiger partial charge in [0.15, 0.2) is 17.5 Å². The number of benzene rings is 2. The largest absolute Gasteiger partial charge is 0.493 e. The molecule has 0 atom stereocenters. The number of nitrogens with zero attached hydrogens (tertiary/aromatic N) is 2. The number of hydrogen-bond acceptors (Lipinski definition) is 3. The van der Waals surface area contributed by atoms with E-state index in [2.05, 4.69) is 52.6 Å². The molecule has 140 valence electrons. The zero-order valence-electron chi connectivity index (χ0n) is 16.2. The molecule has 0 aliphatic carbocycles. The van der Waals surface area contributed by atoms with Crippen molar-refractivity contribution in [2.75, 3.05) is 41.4 Å². The molecule has 2 aromatic rings. The van der Waals surface area contributed by atoms with Gasteiger partial charge >= 0.3 is 0 Å². The highest BCUT2D eigenvalue weighted by atomic mass is 16.5. The molecule has 0 radical (unpaired) electrons. The van der Waals surface area contributed by atoms with Crippen LogP contribution in [0.25, 0.3) is 0 Å². The molecule has 26 heavy (non-hydrogen) atoms. The third kappa shape index (κ3) is 5.69. The number of nitrogens with one attached hydrogen (secondary N) is 1. The van der Waals surface area contributed by atoms with Crippen molar-refractivity contribution < 1.29 is 9.47 Å². The van der Waals surface area contributed by atoms with Crippen LogP contribution >= 0.6 is 0 Å². The second-order valence-electron chi connectivity index (χ2n) is 6.07. The summed E-state index contributed by atoms with van der Waals surface area (Å²) in [5, 5.41) is 3.43. The van der Waals surface area contributed by atoms with E-state index < -0.39 is 0 Å². The first-order chi connectivity index (χ1) is 12.7. The van der Waals surface area contributed by atoms with Crippen molar-refractivity contribution in [3.8, 4) is 11.5 Å². The zero-order valence-corrected chi connectivity index (χ0v) is 16.2. The Balaban J connectivity index is 1.84. The number of aliphatic imine (C=N–C) groups is 1. The van der Waals surface area contributed by atoms with Gasteiger partial charge in [0.2, 0.25) is 0 Å². The van der Waals surface area contributed by atoms with Crippen LogP contribution in [-0.2, 0) is 12.8 Å². The minimum Gasteiger partial charge on any atom is -0.493 e. The van der Waals surface area contributed by atoms with Crippen LogP contribution in [0.4, 0.5) is 0 Å². The molecule has 0 spiro atoms. The van der Waals surface area contributed by atoms with Gasteiger partial charge in [-0.2, -0.15) is 0 Å². The van der Waals surface area contributed by atoms with Crippen molar-refractivity contribution in [2.24, 2.45) is 4.99 Å². The van der Waals surface area contributed by atoms with Gasteiger partial charge in [0, 0.05) is 27.2 Å². The van der Waals surface area contributed by atoms with Gasteiger partial charge < -0.3 is 19.7 Å². The fraction of sp³-hybridized carbons (Fsp3) is 0.381. The van der Waals surface area contributed by atoms with Crippen molar-refractivity contribution in [1.82, 2.24) is 10.2 Å². The average Bonchev–Trinajstić information content (AvgIpc) is 2.70. The molecule has 0 saturated carbocycles. The molecule has 5 heteroatoms. The first-order valence-electron chi connectivity index (χ1n) is 8.84. The Bertz CT molecular complexity index is 702. The van der Waals surface area contributed by atoms with Crippen LogP contribution < -0.4 is 14.8 Å². The van der Waals surface area contributed by atoms with Crippen LogP contribution in [0.5, 0.6) is 11.5 Å². The molecule has 2 aromatic carbocycles. The summed E-state index contributed by atoms with van der Waals surface area (Å²) in [7, 11) is 7.18. The quantitative estimate of drug-likeness (QED) is 0.584. The smallest absolute Gasteiger partial charge is 0.193 e. The maximum Gasteiger partial charge on any atom is 0.193 e. The third-order valence-corrected chi connectivity index (χ3v) is 4.30. The van der Waals surface area contributed by atoms with Crippen molar-refractivity contribution in [1.29, 1.82) is 0 Å². The summed E-state index contributed by atoms with van der Waals surface area (Å²) in [6.07, 6.45) is 1.87. The van der Waals surface area contributed by atoms with Gasteiger partial charge in [0.25, 0.3) is 0 Å². The molecule has 1 N–H and O–H groups in total. The first kappa shape index (κ1) is 19.6. The number of ether oxygens (including phenoxy) is 2. The molecule has 0 heterocycles. The minimum absolute atomic E-state index is 0.753. The van der Waals surface area contributed by atoms with Crippen molar-refractivity contribution in [2.45, 2.75) is 12.8 Å². The van der Waals surface area contributed by atoms with Crippen molar-refractivity contribution >= 4 is 5.96 Å². The minimum atomic E-state index is 0.753. The number of hydrogen-bond donors (Lipinski definition) is 1. The topological polar surface area (TPSA) is 46.1 Å². The highest BCUT2D eigenvalue weighted by Gasteiger charge is 2.08. The Labute approximate surface area is 156 Å². The van der Waals surface area contributed by atoms with Gasteiger partial charge in [0.05, 0.1) is 14.2 Å². The summed E-state index contributed by atoms with van der Waals surface area (Å²) in [4.78, 5) is 6.52. The van der Waals surface area contributed by atoms with Gasteiger partial charge in [-0.1, -0.05) is 36.4 Å². The standard InChI is InChI=1S/C21H29N3O2/c1-22-21(23-14-12-17-8-6-5-7-9-17)24(2)15-13-18-10-11-19(25-3)20(16-18)26-4/h5-11,16H,12-15H2,1-4H3,(H,22,23). The Hall–Kier alpha value is -2.69. The van der Waals surface area contributed by atoms with E-state index in [1.54, 1.807) is 14.2 Å². The van der Waals surface area contributed by atoms with Gasteiger partial charge in [-0.15, -0.1) is 0 Å². The van der Waals surface area contributed by atoms with E-state index in [9.17, 15) is 0 Å². The van der Waals surface area contributed by atoms with E-state index in [4.69, 9.17) is 9.47 Å². The van der Waals surface area contributed by atoms with Crippen LogP contribution in [0.2, 0.25) is 0 Å². The first-order valence-corrected chi connectivity index (χ1v) is 8.84. The maximum atomic E-state index is 5.37. The molecule has 0 amide bonds. The summed E-state index contributed by atoms with van der Waals surface area (Å²) in [5.74, 6) is 2.42. The fourth-order valence-corrected chi connectivity index (χ4v) is 2.79. The SMILES string of the molecule is CN=C(NCCc1ccccc1)N(C)CCc1ccc(OC)c(OC)c1. The number of likely N-dealkylation sites (N-methyl/N-ethyl adjacent to an activating group) is 1. The number of methoxy groups -OCH3 is 2. The highest BCUT2D eigenvalue weighted by molar-refractivity contribution is 5.79. The van der Waals surface area contributed by atoms with Gasteiger partial charge in [-0.25, -0.2) is 0 Å². The molecule has 5 nitrogen and oxygen atoms in total. The average molecular weight is 355 g/mol. The second kappa shape index (κ2) is 10.3. The van der Waals surface area contributed by atoms with E-state index in [0.29, 0.717) is 0 Å². The second-order valence-corrected chi connectivity index (χ2v) is 6.07. The summed E-state index contributed by atoms with van der Waals surface area (Å²) in [5.41, 5.74) is 2.53. The Morgan fingerprint density at radius 2 is 1.69 bits per heavy atom. The van der Waals surface area contributed by atoms with E-state index in [-0.39, 0.29) is 0 Å². The summed E-state index contributed by atoms with van der Waals surface area (Å²) < 4.78 is 10.7. The summed E-state index contributed by atoms with van der Waals surface area (Å²) >= 11 is 0. The normalized spacial score (nSPS) is 11.2. The predicted octanol–water partition coefficient (Wildman–Crippen LogP) is 3.00. The van der Waals surface area contributed by atoms with Crippen LogP contribution in [0.3, 0.4) is 0 Å². The monoisotopic (exact) mass is 355 g/mol. The molecule has 0 saturated heterocycles. The van der Waals surface area contributed by atoms with E-state index in [1.165, 1.54) is 11.1 Å². The lowest BCUT2D eigenvalue weighted by molar-refractivity contribution is 0.354. The summed E-state index contributed by atoms with van der Waals surface area (Å²) in [6.45, 7) is 1.72. The highest BCUT2D eigenvalue weighted by Crippen LogP contribution is 2.27. The molecule has 0 unspecified atom stereocenters. The lowest BCUT2D eigenvalue weighted by atomic mass is 10.1. The van der Waals surface area contributed by atoms with Gasteiger partial charge in [-0.05, 0) is 36.1 Å². The Morgan fingerprint density at radius 3 is 2.35 bits per heavy atom. The number of rotatable bonds is 8. The van der Waals surface area contributed by atoms with E-state index >= 15 is 0 Å². The Kier molecular flexibility index (Phi) is 7.80. The lowest BCUT2D eigenvalue weighted by Crippen LogP contribution is -2.40. The van der Waals surface area contributed by atoms with E-state index in [1.807, 2.05) is 25.2 Å². The van der Waals surface area contributed by atoms with Crippen molar-refractivity contribution in [3.05, 3.63) is 59.7 Å². The summed E-state index contributed by atoms with van der Waals surface area (Å²) in [6, 6.07) is 16.5. The van der Waals surface area contributed by atoms with Crippen LogP contribution in [-0.4, -0.2) is 52.3 Å². The molecular formula is C21H29N3O2. The van der Waals surface area contributed by atoms with Gasteiger partial charge in [-0.3, -0.25) is 4.99 Å². The molecule has 0 bridgehead atoms. The van der Waals surface area contributed by atoms with Crippen LogP contribution in [0.15, 0.2) is 53.5 Å². The molecular weight excluding hydrogens is 326 g/mol. The van der Waals surface area contributed by atoms with E-state index in [0.717, 1.165) is 43.4 Å². The lowest BCUT2D eigenvalue weighted by Gasteiger charge is -2.22. The third-order valence-electron chi connectivity index (χ3n) is 4.30. The molecule has 0 fully saturated rings.